The van der Waals surface area contributed by atoms with Gasteiger partial charge in [-0.05, 0) is 48.4 Å². The van der Waals surface area contributed by atoms with Crippen molar-refractivity contribution in [1.82, 2.24) is 0 Å². The van der Waals surface area contributed by atoms with Crippen LogP contribution in [-0.4, -0.2) is 5.11 Å². The molecule has 0 fully saturated rings. The molecule has 0 saturated heterocycles. The summed E-state index contributed by atoms with van der Waals surface area (Å²) in [5.41, 5.74) is 4.08. The van der Waals surface area contributed by atoms with E-state index in [1.807, 2.05) is 6.07 Å². The second kappa shape index (κ2) is 11.6. The molecule has 1 nitrogen and oxygen atoms in total. The molecule has 0 spiro atoms. The molecule has 0 heterocycles. The fourth-order valence-electron chi connectivity index (χ4n) is 3.34. The van der Waals surface area contributed by atoms with E-state index >= 15 is 0 Å². The van der Waals surface area contributed by atoms with Gasteiger partial charge in [0, 0.05) is 0 Å². The molecule has 0 radical (unpaired) electrons. The summed E-state index contributed by atoms with van der Waals surface area (Å²) >= 11 is 0. The van der Waals surface area contributed by atoms with Gasteiger partial charge in [-0.25, -0.2) is 0 Å². The van der Waals surface area contributed by atoms with Crippen molar-refractivity contribution >= 4 is 0 Å². The monoisotopic (exact) mass is 304 g/mol. The molecule has 0 atom stereocenters. The molecule has 1 aromatic carbocycles. The molecule has 0 aliphatic heterocycles. The Kier molecular flexibility index (Phi) is 10.0. The molecular weight excluding hydrogens is 268 g/mol. The Morgan fingerprint density at radius 1 is 0.682 bits per heavy atom. The lowest BCUT2D eigenvalue weighted by atomic mass is 9.91. The van der Waals surface area contributed by atoms with Gasteiger partial charge in [0.1, 0.15) is 5.75 Å². The number of phenols is 1. The van der Waals surface area contributed by atoms with Crippen molar-refractivity contribution in [2.24, 2.45) is 0 Å². The topological polar surface area (TPSA) is 20.2 Å². The Bertz CT molecular complexity index is 409. The van der Waals surface area contributed by atoms with E-state index in [0.717, 1.165) is 25.7 Å². The average Bonchev–Trinajstić information content (AvgIpc) is 2.52. The highest BCUT2D eigenvalue weighted by Gasteiger charge is 2.11. The van der Waals surface area contributed by atoms with Crippen molar-refractivity contribution in [1.29, 1.82) is 0 Å². The molecule has 126 valence electrons. The first-order valence-electron chi connectivity index (χ1n) is 9.57. The highest BCUT2D eigenvalue weighted by Crippen LogP contribution is 2.28. The van der Waals surface area contributed by atoms with Gasteiger partial charge in [0.25, 0.3) is 0 Å². The number of phenolic OH excluding ortho intramolecular Hbond substituents is 1. The van der Waals surface area contributed by atoms with E-state index < -0.39 is 0 Å². The highest BCUT2D eigenvalue weighted by atomic mass is 16.3. The lowest BCUT2D eigenvalue weighted by Gasteiger charge is -2.15. The third-order valence-corrected chi connectivity index (χ3v) is 4.66. The van der Waals surface area contributed by atoms with Gasteiger partial charge in [0.05, 0.1) is 0 Å². The molecule has 1 rings (SSSR count). The summed E-state index contributed by atoms with van der Waals surface area (Å²) in [6.07, 6.45) is 15.1. The van der Waals surface area contributed by atoms with E-state index in [1.54, 1.807) is 0 Å². The first-order valence-corrected chi connectivity index (χ1v) is 9.57. The van der Waals surface area contributed by atoms with Crippen LogP contribution >= 0.6 is 0 Å². The van der Waals surface area contributed by atoms with Gasteiger partial charge >= 0.3 is 0 Å². The molecule has 1 N–H and O–H groups in total. The summed E-state index contributed by atoms with van der Waals surface area (Å²) in [5.74, 6) is 0.517. The number of unbranched alkanes of at least 4 members (excludes halogenated alkanes) is 7. The van der Waals surface area contributed by atoms with Crippen LogP contribution in [-0.2, 0) is 19.3 Å². The SMILES string of the molecule is CCCCCCCCCCc1c(O)ccc(CC)c1CCC. The van der Waals surface area contributed by atoms with Crippen molar-refractivity contribution in [3.63, 3.8) is 0 Å². The molecular formula is C21H36O. The molecule has 0 bridgehead atoms. The van der Waals surface area contributed by atoms with Gasteiger partial charge in [0.15, 0.2) is 0 Å². The Morgan fingerprint density at radius 3 is 1.91 bits per heavy atom. The summed E-state index contributed by atoms with van der Waals surface area (Å²) in [7, 11) is 0. The molecule has 0 saturated carbocycles. The maximum absolute atomic E-state index is 10.2. The van der Waals surface area contributed by atoms with Crippen LogP contribution in [0.4, 0.5) is 0 Å². The van der Waals surface area contributed by atoms with Crippen LogP contribution in [0.25, 0.3) is 0 Å². The zero-order valence-electron chi connectivity index (χ0n) is 15.1. The third-order valence-electron chi connectivity index (χ3n) is 4.66. The molecule has 0 aliphatic carbocycles. The van der Waals surface area contributed by atoms with Crippen molar-refractivity contribution < 1.29 is 5.11 Å². The van der Waals surface area contributed by atoms with Gasteiger partial charge < -0.3 is 5.11 Å². The standard InChI is InChI=1S/C21H36O/c1-4-7-8-9-10-11-12-13-15-20-19(14-5-2)18(6-3)16-17-21(20)22/h16-17,22H,4-15H2,1-3H3. The van der Waals surface area contributed by atoms with Crippen LogP contribution < -0.4 is 0 Å². The Morgan fingerprint density at radius 2 is 1.32 bits per heavy atom. The van der Waals surface area contributed by atoms with Crippen LogP contribution in [0.1, 0.15) is 95.2 Å². The van der Waals surface area contributed by atoms with Gasteiger partial charge in [-0.3, -0.25) is 0 Å². The maximum Gasteiger partial charge on any atom is 0.119 e. The van der Waals surface area contributed by atoms with Crippen LogP contribution in [0.15, 0.2) is 12.1 Å². The molecule has 0 aromatic heterocycles. The van der Waals surface area contributed by atoms with Crippen molar-refractivity contribution in [2.45, 2.75) is 97.8 Å². The molecule has 1 aromatic rings. The van der Waals surface area contributed by atoms with Crippen molar-refractivity contribution in [3.8, 4) is 5.75 Å². The van der Waals surface area contributed by atoms with Crippen LogP contribution in [0.2, 0.25) is 0 Å². The number of aromatic hydroxyl groups is 1. The van der Waals surface area contributed by atoms with Gasteiger partial charge in [-0.2, -0.15) is 0 Å². The van der Waals surface area contributed by atoms with E-state index in [2.05, 4.69) is 26.8 Å². The largest absolute Gasteiger partial charge is 0.508 e. The molecule has 1 heteroatoms. The fraction of sp³-hybridized carbons (Fsp3) is 0.714. The quantitative estimate of drug-likeness (QED) is 0.432. The van der Waals surface area contributed by atoms with E-state index in [-0.39, 0.29) is 0 Å². The minimum atomic E-state index is 0.517. The minimum Gasteiger partial charge on any atom is -0.508 e. The zero-order valence-corrected chi connectivity index (χ0v) is 15.1. The number of hydrogen-bond donors (Lipinski definition) is 1. The smallest absolute Gasteiger partial charge is 0.119 e. The second-order valence-electron chi connectivity index (χ2n) is 6.53. The second-order valence-corrected chi connectivity index (χ2v) is 6.53. The Labute approximate surface area is 138 Å². The van der Waals surface area contributed by atoms with Crippen molar-refractivity contribution in [3.05, 3.63) is 28.8 Å². The normalized spacial score (nSPS) is 11.0. The number of benzene rings is 1. The van der Waals surface area contributed by atoms with E-state index in [9.17, 15) is 5.11 Å². The van der Waals surface area contributed by atoms with Gasteiger partial charge in [0.2, 0.25) is 0 Å². The van der Waals surface area contributed by atoms with Crippen LogP contribution in [0, 0.1) is 0 Å². The molecule has 0 amide bonds. The van der Waals surface area contributed by atoms with E-state index in [0.29, 0.717) is 5.75 Å². The molecule has 22 heavy (non-hydrogen) atoms. The average molecular weight is 305 g/mol. The van der Waals surface area contributed by atoms with Crippen LogP contribution in [0.3, 0.4) is 0 Å². The summed E-state index contributed by atoms with van der Waals surface area (Å²) in [6, 6.07) is 4.01. The summed E-state index contributed by atoms with van der Waals surface area (Å²) in [5, 5.41) is 10.2. The van der Waals surface area contributed by atoms with E-state index in [1.165, 1.54) is 68.1 Å². The lowest BCUT2D eigenvalue weighted by molar-refractivity contribution is 0.464. The molecule has 0 aliphatic rings. The summed E-state index contributed by atoms with van der Waals surface area (Å²) < 4.78 is 0. The first kappa shape index (κ1) is 19.1. The van der Waals surface area contributed by atoms with E-state index in [4.69, 9.17) is 0 Å². The van der Waals surface area contributed by atoms with Gasteiger partial charge in [-0.1, -0.05) is 78.2 Å². The maximum atomic E-state index is 10.2. The van der Waals surface area contributed by atoms with Crippen molar-refractivity contribution in [2.75, 3.05) is 0 Å². The summed E-state index contributed by atoms with van der Waals surface area (Å²) in [4.78, 5) is 0. The van der Waals surface area contributed by atoms with Crippen LogP contribution in [0.5, 0.6) is 5.75 Å². The number of aryl methyl sites for hydroxylation is 1. The third kappa shape index (κ3) is 6.42. The lowest BCUT2D eigenvalue weighted by Crippen LogP contribution is -2.00. The fourth-order valence-corrected chi connectivity index (χ4v) is 3.34. The first-order chi connectivity index (χ1) is 10.7. The molecule has 0 unspecified atom stereocenters. The Balaban J connectivity index is 2.44. The van der Waals surface area contributed by atoms with Gasteiger partial charge in [-0.15, -0.1) is 0 Å². The summed E-state index contributed by atoms with van der Waals surface area (Å²) in [6.45, 7) is 6.71. The zero-order chi connectivity index (χ0) is 16.2. The number of rotatable bonds is 12. The predicted molar refractivity (Wildman–Crippen MR) is 97.8 cm³/mol. The number of hydrogen-bond acceptors (Lipinski definition) is 1. The Hall–Kier alpha value is -0.980. The highest BCUT2D eigenvalue weighted by molar-refractivity contribution is 5.44. The predicted octanol–water partition coefficient (Wildman–Crippen LogP) is 6.59. The minimum absolute atomic E-state index is 0.517.